The van der Waals surface area contributed by atoms with Crippen LogP contribution in [0.15, 0.2) is 42.5 Å². The van der Waals surface area contributed by atoms with E-state index in [1.165, 1.54) is 23.5 Å². The first kappa shape index (κ1) is 27.4. The van der Waals surface area contributed by atoms with E-state index in [1.807, 2.05) is 13.8 Å². The van der Waals surface area contributed by atoms with Crippen LogP contribution in [0.2, 0.25) is 0 Å². The number of aryl methyl sites for hydroxylation is 2. The van der Waals surface area contributed by atoms with Crippen molar-refractivity contribution in [3.05, 3.63) is 69.7 Å². The molecule has 0 saturated heterocycles. The van der Waals surface area contributed by atoms with Crippen molar-refractivity contribution in [2.24, 2.45) is 0 Å². The normalized spacial score (nSPS) is 12.6. The van der Waals surface area contributed by atoms with Gasteiger partial charge in [0.05, 0.1) is 11.3 Å². The number of rotatable bonds is 10. The number of thiazole rings is 1. The lowest BCUT2D eigenvalue weighted by molar-refractivity contribution is -0.145. The first-order chi connectivity index (χ1) is 16.9. The van der Waals surface area contributed by atoms with Crippen molar-refractivity contribution in [2.75, 3.05) is 0 Å². The zero-order valence-corrected chi connectivity index (χ0v) is 21.3. The molecule has 0 aliphatic carbocycles. The Morgan fingerprint density at radius 3 is 2.33 bits per heavy atom. The number of aromatic nitrogens is 1. The van der Waals surface area contributed by atoms with Gasteiger partial charge in [-0.15, -0.1) is 11.3 Å². The molecule has 0 aliphatic rings. The van der Waals surface area contributed by atoms with Gasteiger partial charge in [0, 0.05) is 22.4 Å². The Labute approximate surface area is 212 Å². The number of carboxylic acids is 1. The maximum absolute atomic E-state index is 13.0. The number of ether oxygens (including phenoxy) is 1. The number of hydrogen-bond donors (Lipinski definition) is 1. The first-order valence-corrected chi connectivity index (χ1v) is 12.4. The van der Waals surface area contributed by atoms with E-state index in [0.717, 1.165) is 28.3 Å². The van der Waals surface area contributed by atoms with Gasteiger partial charge in [-0.05, 0) is 49.4 Å². The molecule has 3 rings (SSSR count). The molecule has 0 radical (unpaired) electrons. The number of carboxylic acid groups (broad SMARTS) is 1. The fourth-order valence-electron chi connectivity index (χ4n) is 3.65. The van der Waals surface area contributed by atoms with E-state index in [0.29, 0.717) is 28.3 Å². The van der Waals surface area contributed by atoms with Crippen molar-refractivity contribution in [3.8, 4) is 16.3 Å². The van der Waals surface area contributed by atoms with Crippen LogP contribution in [0.5, 0.6) is 5.75 Å². The monoisotopic (exact) mass is 519 g/mol. The van der Waals surface area contributed by atoms with Crippen LogP contribution < -0.4 is 4.74 Å². The van der Waals surface area contributed by atoms with Crippen LogP contribution >= 0.6 is 11.3 Å². The molecule has 1 atom stereocenters. The third kappa shape index (κ3) is 6.51. The van der Waals surface area contributed by atoms with Gasteiger partial charge in [0.2, 0.25) is 0 Å². The SMILES string of the molecule is CCC(Oc1cc(C(=O)CCc2sc(-c3ccc(C(F)(F)F)cc3)nc2C(C)C)ccc1C)C(=O)O. The Hall–Kier alpha value is -3.20. The summed E-state index contributed by atoms with van der Waals surface area (Å²) in [6.07, 6.45) is -4.47. The lowest BCUT2D eigenvalue weighted by Crippen LogP contribution is -2.26. The summed E-state index contributed by atoms with van der Waals surface area (Å²) >= 11 is 1.38. The topological polar surface area (TPSA) is 76.5 Å². The van der Waals surface area contributed by atoms with Crippen LogP contribution in [0, 0.1) is 6.92 Å². The molecule has 1 heterocycles. The molecule has 0 spiro atoms. The fraction of sp³-hybridized carbons (Fsp3) is 0.370. The smallest absolute Gasteiger partial charge is 0.416 e. The van der Waals surface area contributed by atoms with E-state index in [2.05, 4.69) is 4.98 Å². The molecule has 0 amide bonds. The summed E-state index contributed by atoms with van der Waals surface area (Å²) in [4.78, 5) is 29.9. The van der Waals surface area contributed by atoms with Crippen LogP contribution in [0.4, 0.5) is 13.2 Å². The number of carbonyl (C=O) groups is 2. The van der Waals surface area contributed by atoms with E-state index in [-0.39, 0.29) is 24.5 Å². The Bertz CT molecular complexity index is 1230. The van der Waals surface area contributed by atoms with Crippen LogP contribution in [-0.2, 0) is 17.4 Å². The highest BCUT2D eigenvalue weighted by Crippen LogP contribution is 2.35. The van der Waals surface area contributed by atoms with E-state index >= 15 is 0 Å². The van der Waals surface area contributed by atoms with E-state index in [9.17, 15) is 27.9 Å². The molecule has 1 N–H and O–H groups in total. The zero-order chi connectivity index (χ0) is 26.6. The van der Waals surface area contributed by atoms with Crippen molar-refractivity contribution < 1.29 is 32.6 Å². The molecule has 192 valence electrons. The van der Waals surface area contributed by atoms with Gasteiger partial charge in [-0.2, -0.15) is 13.2 Å². The minimum Gasteiger partial charge on any atom is -0.479 e. The number of alkyl halides is 3. The Morgan fingerprint density at radius 2 is 1.78 bits per heavy atom. The van der Waals surface area contributed by atoms with Crippen LogP contribution in [0.25, 0.3) is 10.6 Å². The number of carbonyl (C=O) groups excluding carboxylic acids is 1. The van der Waals surface area contributed by atoms with Gasteiger partial charge in [0.15, 0.2) is 11.9 Å². The first-order valence-electron chi connectivity index (χ1n) is 11.6. The molecule has 0 bridgehead atoms. The number of aliphatic carboxylic acids is 1. The molecule has 36 heavy (non-hydrogen) atoms. The lowest BCUT2D eigenvalue weighted by Gasteiger charge is -2.16. The second-order valence-electron chi connectivity index (χ2n) is 8.81. The molecule has 1 unspecified atom stereocenters. The molecule has 9 heteroatoms. The number of hydrogen-bond acceptors (Lipinski definition) is 5. The molecule has 0 fully saturated rings. The summed E-state index contributed by atoms with van der Waals surface area (Å²) in [6, 6.07) is 9.90. The molecule has 0 aliphatic heterocycles. The maximum atomic E-state index is 13.0. The highest BCUT2D eigenvalue weighted by molar-refractivity contribution is 7.15. The van der Waals surface area contributed by atoms with Gasteiger partial charge >= 0.3 is 12.1 Å². The van der Waals surface area contributed by atoms with Crippen molar-refractivity contribution in [2.45, 2.75) is 65.2 Å². The summed E-state index contributed by atoms with van der Waals surface area (Å²) in [6.45, 7) is 7.46. The largest absolute Gasteiger partial charge is 0.479 e. The molecule has 3 aromatic rings. The predicted molar refractivity (Wildman–Crippen MR) is 133 cm³/mol. The molecule has 1 aromatic heterocycles. The highest BCUT2D eigenvalue weighted by Gasteiger charge is 2.30. The number of ketones is 1. The second kappa shape index (κ2) is 11.2. The molecular formula is C27H28F3NO4S. The number of halogens is 3. The second-order valence-corrected chi connectivity index (χ2v) is 9.90. The Kier molecular flexibility index (Phi) is 8.55. The Balaban J connectivity index is 1.78. The van der Waals surface area contributed by atoms with Gasteiger partial charge in [-0.1, -0.05) is 45.0 Å². The summed E-state index contributed by atoms with van der Waals surface area (Å²) in [7, 11) is 0. The predicted octanol–water partition coefficient (Wildman–Crippen LogP) is 7.32. The summed E-state index contributed by atoms with van der Waals surface area (Å²) < 4.78 is 44.3. The average molecular weight is 520 g/mol. The number of benzene rings is 2. The van der Waals surface area contributed by atoms with Crippen LogP contribution in [0.3, 0.4) is 0 Å². The van der Waals surface area contributed by atoms with E-state index in [1.54, 1.807) is 32.0 Å². The van der Waals surface area contributed by atoms with Gasteiger partial charge in [-0.3, -0.25) is 4.79 Å². The fourth-order valence-corrected chi connectivity index (χ4v) is 4.87. The quantitative estimate of drug-likeness (QED) is 0.284. The van der Waals surface area contributed by atoms with Gasteiger partial charge in [0.25, 0.3) is 0 Å². The third-order valence-electron chi connectivity index (χ3n) is 5.74. The minimum atomic E-state index is -4.40. The highest BCUT2D eigenvalue weighted by atomic mass is 32.1. The summed E-state index contributed by atoms with van der Waals surface area (Å²) in [5.41, 5.74) is 1.86. The maximum Gasteiger partial charge on any atom is 0.416 e. The van der Waals surface area contributed by atoms with Gasteiger partial charge in [0.1, 0.15) is 10.8 Å². The third-order valence-corrected chi connectivity index (χ3v) is 6.92. The van der Waals surface area contributed by atoms with Crippen LogP contribution in [0.1, 0.15) is 71.6 Å². The minimum absolute atomic E-state index is 0.0796. The van der Waals surface area contributed by atoms with Gasteiger partial charge in [-0.25, -0.2) is 9.78 Å². The van der Waals surface area contributed by atoms with Crippen molar-refractivity contribution in [1.82, 2.24) is 4.98 Å². The van der Waals surface area contributed by atoms with E-state index in [4.69, 9.17) is 4.74 Å². The molecule has 2 aromatic carbocycles. The zero-order valence-electron chi connectivity index (χ0n) is 20.5. The van der Waals surface area contributed by atoms with E-state index < -0.39 is 23.8 Å². The molecule has 0 saturated carbocycles. The number of Topliss-reactive ketones (excluding diaryl/α,β-unsaturated/α-hetero) is 1. The van der Waals surface area contributed by atoms with Crippen molar-refractivity contribution in [1.29, 1.82) is 0 Å². The Morgan fingerprint density at radius 1 is 1.11 bits per heavy atom. The summed E-state index contributed by atoms with van der Waals surface area (Å²) in [5.74, 6) is -0.748. The van der Waals surface area contributed by atoms with Crippen molar-refractivity contribution in [3.63, 3.8) is 0 Å². The lowest BCUT2D eigenvalue weighted by atomic mass is 10.0. The van der Waals surface area contributed by atoms with Gasteiger partial charge < -0.3 is 9.84 Å². The molecular weight excluding hydrogens is 491 g/mol. The van der Waals surface area contributed by atoms with Crippen molar-refractivity contribution >= 4 is 23.1 Å². The van der Waals surface area contributed by atoms with Crippen LogP contribution in [-0.4, -0.2) is 27.9 Å². The average Bonchev–Trinajstić information content (AvgIpc) is 3.26. The molecule has 5 nitrogen and oxygen atoms in total. The standard InChI is InChI=1S/C27H28F3NO4S/c1-5-21(26(33)34)35-22-14-18(7-6-16(22)4)20(32)12-13-23-24(15(2)3)31-25(36-23)17-8-10-19(11-9-17)27(28,29)30/h6-11,14-15,21H,5,12-13H2,1-4H3,(H,33,34). The number of nitrogens with zero attached hydrogens (tertiary/aromatic N) is 1. The summed E-state index contributed by atoms with van der Waals surface area (Å²) in [5, 5.41) is 9.88.